The van der Waals surface area contributed by atoms with E-state index in [1.807, 2.05) is 6.08 Å². The zero-order valence-corrected chi connectivity index (χ0v) is 50.5. The second-order valence-corrected chi connectivity index (χ2v) is 23.1. The number of aliphatic hydroxyl groups is 2. The lowest BCUT2D eigenvalue weighted by Gasteiger charge is -2.20. The Labute approximate surface area is 468 Å². The minimum atomic E-state index is -0.852. The summed E-state index contributed by atoms with van der Waals surface area (Å²) in [5.41, 5.74) is 0. The van der Waals surface area contributed by atoms with E-state index in [4.69, 9.17) is 4.74 Å². The molecule has 0 saturated heterocycles. The first kappa shape index (κ1) is 73.1. The van der Waals surface area contributed by atoms with E-state index in [9.17, 15) is 19.8 Å². The highest BCUT2D eigenvalue weighted by molar-refractivity contribution is 5.76. The molecule has 0 saturated carbocycles. The van der Waals surface area contributed by atoms with Crippen LogP contribution in [0.2, 0.25) is 0 Å². The van der Waals surface area contributed by atoms with Gasteiger partial charge in [-0.25, -0.2) is 0 Å². The average molecular weight is 1050 g/mol. The van der Waals surface area contributed by atoms with E-state index in [1.165, 1.54) is 289 Å². The van der Waals surface area contributed by atoms with Crippen molar-refractivity contribution in [1.29, 1.82) is 0 Å². The van der Waals surface area contributed by atoms with Gasteiger partial charge in [0.2, 0.25) is 5.91 Å². The third-order valence-corrected chi connectivity index (χ3v) is 15.6. The molecule has 0 bridgehead atoms. The molecule has 442 valence electrons. The van der Waals surface area contributed by atoms with E-state index in [-0.39, 0.29) is 18.5 Å². The van der Waals surface area contributed by atoms with Gasteiger partial charge in [0.05, 0.1) is 25.4 Å². The minimum absolute atomic E-state index is 0.00327. The molecule has 0 aromatic carbocycles. The van der Waals surface area contributed by atoms with Crippen LogP contribution in [0.15, 0.2) is 36.5 Å². The number of aliphatic hydroxyl groups excluding tert-OH is 2. The summed E-state index contributed by atoms with van der Waals surface area (Å²) >= 11 is 0. The molecule has 75 heavy (non-hydrogen) atoms. The first-order valence-electron chi connectivity index (χ1n) is 33.8. The maximum atomic E-state index is 12.5. The lowest BCUT2D eigenvalue weighted by molar-refractivity contribution is -0.143. The number of allylic oxidation sites excluding steroid dienone is 5. The standard InChI is InChI=1S/C69H131NO5/c1-3-5-7-9-11-13-15-17-19-21-23-26-29-33-37-41-45-49-53-57-61-67(72)66(65-71)70-68(73)62-58-54-50-46-42-38-34-30-27-24-28-32-36-40-44-48-52-56-60-64-75-69(74)63-59-55-51-47-43-39-35-31-25-22-20-18-16-14-12-10-8-6-4-2/h18,20,24,27,57,61,66-67,71-72H,3-17,19,21-23,25-26,28-56,58-60,62-65H2,1-2H3,(H,70,73)/b20-18-,27-24-,61-57+. The second-order valence-electron chi connectivity index (χ2n) is 23.1. The number of unbranched alkanes of at least 4 members (excludes halogenated alkanes) is 48. The molecule has 0 fully saturated rings. The van der Waals surface area contributed by atoms with Crippen molar-refractivity contribution in [1.82, 2.24) is 5.32 Å². The fourth-order valence-corrected chi connectivity index (χ4v) is 10.4. The quantitative estimate of drug-likeness (QED) is 0.0320. The third kappa shape index (κ3) is 61.2. The van der Waals surface area contributed by atoms with Crippen LogP contribution in [0, 0.1) is 0 Å². The van der Waals surface area contributed by atoms with Crippen LogP contribution in [-0.4, -0.2) is 47.4 Å². The lowest BCUT2D eigenvalue weighted by Crippen LogP contribution is -2.45. The highest BCUT2D eigenvalue weighted by Crippen LogP contribution is 2.18. The molecule has 0 heterocycles. The molecule has 0 aromatic rings. The molecular weight excluding hydrogens is 923 g/mol. The zero-order chi connectivity index (χ0) is 54.3. The summed E-state index contributed by atoms with van der Waals surface area (Å²) in [7, 11) is 0. The van der Waals surface area contributed by atoms with Crippen molar-refractivity contribution >= 4 is 11.9 Å². The van der Waals surface area contributed by atoms with E-state index in [1.54, 1.807) is 6.08 Å². The van der Waals surface area contributed by atoms with Gasteiger partial charge in [0.25, 0.3) is 0 Å². The Kier molecular flexibility index (Phi) is 63.0. The largest absolute Gasteiger partial charge is 0.466 e. The van der Waals surface area contributed by atoms with Crippen molar-refractivity contribution < 1.29 is 24.5 Å². The van der Waals surface area contributed by atoms with Crippen LogP contribution in [-0.2, 0) is 14.3 Å². The van der Waals surface area contributed by atoms with Crippen LogP contribution in [0.4, 0.5) is 0 Å². The summed E-state index contributed by atoms with van der Waals surface area (Å²) < 4.78 is 5.50. The number of ether oxygens (including phenoxy) is 1. The predicted molar refractivity (Wildman–Crippen MR) is 329 cm³/mol. The lowest BCUT2D eigenvalue weighted by atomic mass is 10.0. The first-order valence-corrected chi connectivity index (χ1v) is 33.8. The number of rotatable bonds is 63. The fourth-order valence-electron chi connectivity index (χ4n) is 10.4. The van der Waals surface area contributed by atoms with Gasteiger partial charge in [-0.15, -0.1) is 0 Å². The van der Waals surface area contributed by atoms with Gasteiger partial charge < -0.3 is 20.3 Å². The fraction of sp³-hybridized carbons (Fsp3) is 0.884. The van der Waals surface area contributed by atoms with Crippen molar-refractivity contribution in [3.05, 3.63) is 36.5 Å². The van der Waals surface area contributed by atoms with Crippen molar-refractivity contribution in [2.75, 3.05) is 13.2 Å². The number of esters is 1. The summed E-state index contributed by atoms with van der Waals surface area (Å²) in [6.07, 6.45) is 82.0. The van der Waals surface area contributed by atoms with Crippen LogP contribution in [0.5, 0.6) is 0 Å². The monoisotopic (exact) mass is 1050 g/mol. The van der Waals surface area contributed by atoms with Crippen molar-refractivity contribution in [2.24, 2.45) is 0 Å². The van der Waals surface area contributed by atoms with Crippen molar-refractivity contribution in [3.63, 3.8) is 0 Å². The molecular formula is C69H131NO5. The topological polar surface area (TPSA) is 95.9 Å². The molecule has 3 N–H and O–H groups in total. The van der Waals surface area contributed by atoms with Crippen LogP contribution in [0.25, 0.3) is 0 Å². The Morgan fingerprint density at radius 2 is 0.627 bits per heavy atom. The molecule has 0 aliphatic rings. The molecule has 2 atom stereocenters. The predicted octanol–water partition coefficient (Wildman–Crippen LogP) is 21.5. The Bertz CT molecular complexity index is 1210. The minimum Gasteiger partial charge on any atom is -0.466 e. The third-order valence-electron chi connectivity index (χ3n) is 15.6. The molecule has 6 heteroatoms. The molecule has 0 aromatic heterocycles. The molecule has 0 spiro atoms. The number of hydrogen-bond acceptors (Lipinski definition) is 5. The van der Waals surface area contributed by atoms with Gasteiger partial charge in [-0.2, -0.15) is 0 Å². The van der Waals surface area contributed by atoms with E-state index in [2.05, 4.69) is 43.5 Å². The Morgan fingerprint density at radius 1 is 0.360 bits per heavy atom. The van der Waals surface area contributed by atoms with E-state index < -0.39 is 12.1 Å². The number of nitrogens with one attached hydrogen (secondary N) is 1. The van der Waals surface area contributed by atoms with Crippen LogP contribution < -0.4 is 5.32 Å². The van der Waals surface area contributed by atoms with Crippen LogP contribution in [0.1, 0.15) is 367 Å². The van der Waals surface area contributed by atoms with Gasteiger partial charge in [-0.3, -0.25) is 9.59 Å². The van der Waals surface area contributed by atoms with E-state index in [0.29, 0.717) is 19.4 Å². The maximum Gasteiger partial charge on any atom is 0.305 e. The number of amides is 1. The molecule has 0 aliphatic heterocycles. The molecule has 6 nitrogen and oxygen atoms in total. The van der Waals surface area contributed by atoms with Crippen molar-refractivity contribution in [3.8, 4) is 0 Å². The summed E-state index contributed by atoms with van der Waals surface area (Å²) in [6.45, 7) is 4.91. The summed E-state index contributed by atoms with van der Waals surface area (Å²) in [6, 6.07) is -0.636. The molecule has 0 radical (unpaired) electrons. The Hall–Kier alpha value is -1.92. The zero-order valence-electron chi connectivity index (χ0n) is 50.5. The highest BCUT2D eigenvalue weighted by Gasteiger charge is 2.18. The summed E-state index contributed by atoms with van der Waals surface area (Å²) in [4.78, 5) is 24.6. The highest BCUT2D eigenvalue weighted by atomic mass is 16.5. The van der Waals surface area contributed by atoms with E-state index in [0.717, 1.165) is 51.4 Å². The van der Waals surface area contributed by atoms with Gasteiger partial charge in [-0.05, 0) is 83.5 Å². The second kappa shape index (κ2) is 64.6. The molecule has 0 aliphatic carbocycles. The van der Waals surface area contributed by atoms with Gasteiger partial charge in [-0.1, -0.05) is 307 Å². The first-order chi connectivity index (χ1) is 37.0. The average Bonchev–Trinajstić information content (AvgIpc) is 3.41. The maximum absolute atomic E-state index is 12.5. The smallest absolute Gasteiger partial charge is 0.305 e. The molecule has 2 unspecified atom stereocenters. The molecule has 0 rings (SSSR count). The summed E-state index contributed by atoms with van der Waals surface area (Å²) in [5, 5.41) is 23.2. The SMILES string of the molecule is CCCCCCCC/C=C\CCCCCCCCCCCC(=O)OCCCCCCCCCC/C=C\CCCCCCCCCC(=O)NC(CO)C(O)/C=C/CCCCCCCCCCCCCCCCCCCC. The number of carbonyl (C=O) groups is 2. The van der Waals surface area contributed by atoms with Gasteiger partial charge >= 0.3 is 5.97 Å². The summed E-state index contributed by atoms with van der Waals surface area (Å²) in [5.74, 6) is -0.0715. The number of carbonyl (C=O) groups excluding carboxylic acids is 2. The normalized spacial score (nSPS) is 12.7. The van der Waals surface area contributed by atoms with Crippen LogP contribution >= 0.6 is 0 Å². The molecule has 1 amide bonds. The van der Waals surface area contributed by atoms with Crippen LogP contribution in [0.3, 0.4) is 0 Å². The van der Waals surface area contributed by atoms with Crippen molar-refractivity contribution in [2.45, 2.75) is 379 Å². The van der Waals surface area contributed by atoms with Gasteiger partial charge in [0, 0.05) is 12.8 Å². The van der Waals surface area contributed by atoms with Gasteiger partial charge in [0.1, 0.15) is 0 Å². The van der Waals surface area contributed by atoms with Gasteiger partial charge in [0.15, 0.2) is 0 Å². The van der Waals surface area contributed by atoms with E-state index >= 15 is 0 Å². The Morgan fingerprint density at radius 3 is 0.947 bits per heavy atom. The Balaban J connectivity index is 3.45. The number of hydrogen-bond donors (Lipinski definition) is 3.